The van der Waals surface area contributed by atoms with Crippen molar-refractivity contribution in [2.45, 2.75) is 30.7 Å². The van der Waals surface area contributed by atoms with Crippen LogP contribution in [0.25, 0.3) is 0 Å². The normalized spacial score (nSPS) is 20.7. The Morgan fingerprint density at radius 3 is 2.62 bits per heavy atom. The van der Waals surface area contributed by atoms with Gasteiger partial charge in [0.25, 0.3) is 0 Å². The Balaban J connectivity index is 2.17. The molecule has 1 aliphatic rings. The number of piperidine rings is 1. The Hall–Kier alpha value is -1.25. The van der Waals surface area contributed by atoms with Gasteiger partial charge in [0.1, 0.15) is 4.90 Å². The van der Waals surface area contributed by atoms with Crippen molar-refractivity contribution >= 4 is 16.0 Å². The lowest BCUT2D eigenvalue weighted by Gasteiger charge is -2.35. The molecule has 2 heterocycles. The van der Waals surface area contributed by atoms with Crippen molar-refractivity contribution in [3.05, 3.63) is 12.4 Å². The molecule has 0 spiro atoms. The summed E-state index contributed by atoms with van der Waals surface area (Å²) in [6.45, 7) is 3.71. The Labute approximate surface area is 126 Å². The number of likely N-dealkylation sites (N-methyl/N-ethyl adjacent to an activating group) is 1. The van der Waals surface area contributed by atoms with Crippen LogP contribution in [0, 0.1) is 0 Å². The Morgan fingerprint density at radius 1 is 1.38 bits per heavy atom. The van der Waals surface area contributed by atoms with Crippen molar-refractivity contribution in [3.8, 4) is 0 Å². The van der Waals surface area contributed by atoms with E-state index in [9.17, 15) is 8.42 Å². The summed E-state index contributed by atoms with van der Waals surface area (Å²) in [6, 6.07) is 0.260. The van der Waals surface area contributed by atoms with Crippen LogP contribution >= 0.6 is 0 Å². The first kappa shape index (κ1) is 16.1. The lowest BCUT2D eigenvalue weighted by Crippen LogP contribution is -2.47. The van der Waals surface area contributed by atoms with Crippen molar-refractivity contribution in [2.75, 3.05) is 39.0 Å². The second kappa shape index (κ2) is 6.67. The molecule has 1 atom stereocenters. The molecule has 118 valence electrons. The predicted molar refractivity (Wildman–Crippen MR) is 81.7 cm³/mol. The number of rotatable bonds is 5. The number of sulfonamides is 1. The van der Waals surface area contributed by atoms with Crippen LogP contribution in [0.2, 0.25) is 0 Å². The first-order chi connectivity index (χ1) is 9.95. The van der Waals surface area contributed by atoms with E-state index in [2.05, 4.69) is 20.2 Å². The Kier molecular flexibility index (Phi) is 5.13. The highest BCUT2D eigenvalue weighted by Gasteiger charge is 2.31. The predicted octanol–water partition coefficient (Wildman–Crippen LogP) is 0.623. The third-order valence-corrected chi connectivity index (χ3v) is 5.51. The van der Waals surface area contributed by atoms with E-state index >= 15 is 0 Å². The molecule has 1 saturated heterocycles. The third-order valence-electron chi connectivity index (χ3n) is 3.69. The smallest absolute Gasteiger partial charge is 0.246 e. The summed E-state index contributed by atoms with van der Waals surface area (Å²) >= 11 is 0. The number of aromatic nitrogens is 2. The molecule has 2 rings (SSSR count). The molecule has 1 aromatic rings. The largest absolute Gasteiger partial charge is 0.355 e. The van der Waals surface area contributed by atoms with Gasteiger partial charge in [-0.1, -0.05) is 0 Å². The summed E-state index contributed by atoms with van der Waals surface area (Å²) in [5, 5.41) is 2.95. The van der Waals surface area contributed by atoms with E-state index in [1.54, 1.807) is 0 Å². The summed E-state index contributed by atoms with van der Waals surface area (Å²) in [7, 11) is 0.456. The van der Waals surface area contributed by atoms with Gasteiger partial charge < -0.3 is 10.2 Å². The van der Waals surface area contributed by atoms with Gasteiger partial charge >= 0.3 is 0 Å². The minimum atomic E-state index is -3.51. The van der Waals surface area contributed by atoms with E-state index in [1.807, 2.05) is 21.0 Å². The monoisotopic (exact) mass is 313 g/mol. The van der Waals surface area contributed by atoms with Crippen molar-refractivity contribution in [1.82, 2.24) is 19.2 Å². The van der Waals surface area contributed by atoms with Crippen LogP contribution in [-0.4, -0.2) is 67.4 Å². The lowest BCUT2D eigenvalue weighted by atomic mass is 10.1. The topological polar surface area (TPSA) is 78.4 Å². The summed E-state index contributed by atoms with van der Waals surface area (Å²) in [5.41, 5.74) is 0. The fourth-order valence-corrected chi connectivity index (χ4v) is 3.82. The minimum Gasteiger partial charge on any atom is -0.355 e. The van der Waals surface area contributed by atoms with Crippen LogP contribution in [0.4, 0.5) is 5.95 Å². The number of hydrogen-bond acceptors (Lipinski definition) is 6. The third kappa shape index (κ3) is 3.69. The molecule has 21 heavy (non-hydrogen) atoms. The van der Waals surface area contributed by atoms with Gasteiger partial charge in [0.15, 0.2) is 0 Å². The average molecular weight is 313 g/mol. The van der Waals surface area contributed by atoms with Crippen molar-refractivity contribution in [1.29, 1.82) is 0 Å². The minimum absolute atomic E-state index is 0.156. The molecule has 0 radical (unpaired) electrons. The van der Waals surface area contributed by atoms with E-state index in [0.717, 1.165) is 12.8 Å². The van der Waals surface area contributed by atoms with Crippen LogP contribution < -0.4 is 5.32 Å². The highest BCUT2D eigenvalue weighted by atomic mass is 32.2. The fourth-order valence-electron chi connectivity index (χ4n) is 2.41. The fraction of sp³-hybridized carbons (Fsp3) is 0.692. The molecule has 1 unspecified atom stereocenters. The van der Waals surface area contributed by atoms with Gasteiger partial charge in [0, 0.05) is 25.7 Å². The maximum atomic E-state index is 12.6. The van der Waals surface area contributed by atoms with E-state index in [4.69, 9.17) is 0 Å². The molecule has 0 saturated carbocycles. The molecule has 1 aromatic heterocycles. The molecule has 1 aliphatic heterocycles. The zero-order valence-corrected chi connectivity index (χ0v) is 13.6. The highest BCUT2D eigenvalue weighted by Crippen LogP contribution is 2.21. The van der Waals surface area contributed by atoms with Gasteiger partial charge in [-0.3, -0.25) is 0 Å². The molecule has 0 aliphatic carbocycles. The zero-order valence-electron chi connectivity index (χ0n) is 12.8. The van der Waals surface area contributed by atoms with Crippen LogP contribution in [0.5, 0.6) is 0 Å². The second-order valence-electron chi connectivity index (χ2n) is 5.40. The van der Waals surface area contributed by atoms with E-state index in [-0.39, 0.29) is 10.9 Å². The number of anilines is 1. The van der Waals surface area contributed by atoms with Gasteiger partial charge in [-0.2, -0.15) is 4.31 Å². The molecule has 8 heteroatoms. The van der Waals surface area contributed by atoms with Crippen LogP contribution in [0.1, 0.15) is 19.8 Å². The summed E-state index contributed by atoms with van der Waals surface area (Å²) in [5.74, 6) is 0.446. The van der Waals surface area contributed by atoms with E-state index in [1.165, 1.54) is 16.7 Å². The number of nitrogens with one attached hydrogen (secondary N) is 1. The summed E-state index contributed by atoms with van der Waals surface area (Å²) in [4.78, 5) is 10.3. The molecule has 7 nitrogen and oxygen atoms in total. The highest BCUT2D eigenvalue weighted by molar-refractivity contribution is 7.89. The van der Waals surface area contributed by atoms with Gasteiger partial charge in [0.05, 0.1) is 12.4 Å². The maximum Gasteiger partial charge on any atom is 0.246 e. The van der Waals surface area contributed by atoms with Crippen molar-refractivity contribution in [3.63, 3.8) is 0 Å². The molecule has 0 amide bonds. The second-order valence-corrected chi connectivity index (χ2v) is 7.33. The first-order valence-corrected chi connectivity index (χ1v) is 8.61. The first-order valence-electron chi connectivity index (χ1n) is 7.17. The zero-order chi connectivity index (χ0) is 15.5. The van der Waals surface area contributed by atoms with Gasteiger partial charge in [0.2, 0.25) is 16.0 Å². The number of hydrogen-bond donors (Lipinski definition) is 1. The molecule has 0 bridgehead atoms. The Morgan fingerprint density at radius 2 is 2.05 bits per heavy atom. The van der Waals surface area contributed by atoms with Crippen LogP contribution in [0.3, 0.4) is 0 Å². The van der Waals surface area contributed by atoms with Gasteiger partial charge in [-0.05, 0) is 33.9 Å². The van der Waals surface area contributed by atoms with Crippen molar-refractivity contribution < 1.29 is 8.42 Å². The maximum absolute atomic E-state index is 12.6. The summed E-state index contributed by atoms with van der Waals surface area (Å²) in [6.07, 6.45) is 4.65. The van der Waals surface area contributed by atoms with Crippen molar-refractivity contribution in [2.24, 2.45) is 0 Å². The molecular weight excluding hydrogens is 290 g/mol. The SMILES string of the molecule is CCNc1ncc(S(=O)(=O)N2CCCC(N(C)C)C2)cn1. The van der Waals surface area contributed by atoms with E-state index in [0.29, 0.717) is 25.6 Å². The molecule has 1 fully saturated rings. The molecule has 0 aromatic carbocycles. The van der Waals surface area contributed by atoms with Crippen LogP contribution in [0.15, 0.2) is 17.3 Å². The average Bonchev–Trinajstić information content (AvgIpc) is 2.48. The Bertz CT molecular complexity index is 558. The van der Waals surface area contributed by atoms with Gasteiger partial charge in [-0.25, -0.2) is 18.4 Å². The quantitative estimate of drug-likeness (QED) is 0.859. The summed E-state index contributed by atoms with van der Waals surface area (Å²) < 4.78 is 26.8. The standard InChI is InChI=1S/C13H23N5O2S/c1-4-14-13-15-8-12(9-16-13)21(19,20)18-7-5-6-11(10-18)17(2)3/h8-9,11H,4-7,10H2,1-3H3,(H,14,15,16). The molecule has 1 N–H and O–H groups in total. The number of nitrogens with zero attached hydrogens (tertiary/aromatic N) is 4. The lowest BCUT2D eigenvalue weighted by molar-refractivity contribution is 0.190. The van der Waals surface area contributed by atoms with E-state index < -0.39 is 10.0 Å². The molecular formula is C13H23N5O2S. The van der Waals surface area contributed by atoms with Gasteiger partial charge in [-0.15, -0.1) is 0 Å². The van der Waals surface area contributed by atoms with Crippen LogP contribution in [-0.2, 0) is 10.0 Å².